The molecule has 0 N–H and O–H groups in total. The number of nitriles is 1. The molecule has 0 radical (unpaired) electrons. The quantitative estimate of drug-likeness (QED) is 0.776. The van der Waals surface area contributed by atoms with Gasteiger partial charge in [0.25, 0.3) is 0 Å². The molecule has 0 bridgehead atoms. The summed E-state index contributed by atoms with van der Waals surface area (Å²) in [6, 6.07) is 3.86. The monoisotopic (exact) mass is 218 g/mol. The summed E-state index contributed by atoms with van der Waals surface area (Å²) < 4.78 is 11.1. The Labute approximate surface area is 94.8 Å². The molecule has 1 fully saturated rings. The lowest BCUT2D eigenvalue weighted by Gasteiger charge is -2.12. The summed E-state index contributed by atoms with van der Waals surface area (Å²) in [6.45, 7) is 3.20. The molecule has 1 aromatic rings. The van der Waals surface area contributed by atoms with Gasteiger partial charge < -0.3 is 9.47 Å². The first-order valence-corrected chi connectivity index (χ1v) is 5.41. The van der Waals surface area contributed by atoms with E-state index in [-0.39, 0.29) is 6.10 Å². The molecule has 0 amide bonds. The van der Waals surface area contributed by atoms with Crippen molar-refractivity contribution in [2.75, 3.05) is 13.2 Å². The van der Waals surface area contributed by atoms with Crippen LogP contribution >= 0.6 is 0 Å². The molecular formula is C12H14N2O2. The third-order valence-corrected chi connectivity index (χ3v) is 2.57. The largest absolute Gasteiger partial charge is 0.489 e. The van der Waals surface area contributed by atoms with Gasteiger partial charge in [0.15, 0.2) is 0 Å². The highest BCUT2D eigenvalue weighted by molar-refractivity contribution is 5.41. The molecule has 1 saturated heterocycles. The maximum Gasteiger partial charge on any atom is 0.140 e. The van der Waals surface area contributed by atoms with E-state index in [1.165, 1.54) is 0 Å². The Morgan fingerprint density at radius 2 is 2.56 bits per heavy atom. The van der Waals surface area contributed by atoms with Gasteiger partial charge in [0.2, 0.25) is 0 Å². The minimum atomic E-state index is 0.167. The SMILES string of the molecule is Cc1cc(OCC2CCCO2)c(C#N)cn1. The molecular weight excluding hydrogens is 204 g/mol. The maximum atomic E-state index is 8.90. The van der Waals surface area contributed by atoms with Crippen molar-refractivity contribution in [1.82, 2.24) is 4.98 Å². The first kappa shape index (κ1) is 10.9. The number of rotatable bonds is 3. The van der Waals surface area contributed by atoms with Gasteiger partial charge in [-0.1, -0.05) is 0 Å². The van der Waals surface area contributed by atoms with Crippen LogP contribution in [0.4, 0.5) is 0 Å². The second kappa shape index (κ2) is 4.95. The molecule has 1 atom stereocenters. The number of ether oxygens (including phenoxy) is 2. The Morgan fingerprint density at radius 3 is 3.25 bits per heavy atom. The van der Waals surface area contributed by atoms with Gasteiger partial charge in [-0.2, -0.15) is 5.26 Å². The predicted molar refractivity (Wildman–Crippen MR) is 58.2 cm³/mol. The smallest absolute Gasteiger partial charge is 0.140 e. The van der Waals surface area contributed by atoms with Gasteiger partial charge in [0, 0.05) is 24.6 Å². The molecule has 0 spiro atoms. The highest BCUT2D eigenvalue weighted by atomic mass is 16.5. The van der Waals surface area contributed by atoms with Crippen LogP contribution in [0.1, 0.15) is 24.1 Å². The van der Waals surface area contributed by atoms with Crippen LogP contribution in [0.15, 0.2) is 12.3 Å². The fraction of sp³-hybridized carbons (Fsp3) is 0.500. The molecule has 84 valence electrons. The standard InChI is InChI=1S/C12H14N2O2/c1-9-5-12(10(6-13)7-14-9)16-8-11-3-2-4-15-11/h5,7,11H,2-4,8H2,1H3. The average molecular weight is 218 g/mol. The number of hydrogen-bond donors (Lipinski definition) is 0. The van der Waals surface area contributed by atoms with Crippen molar-refractivity contribution in [2.45, 2.75) is 25.9 Å². The van der Waals surface area contributed by atoms with Crippen LogP contribution in [0, 0.1) is 18.3 Å². The topological polar surface area (TPSA) is 55.1 Å². The van der Waals surface area contributed by atoms with Crippen LogP contribution in [-0.2, 0) is 4.74 Å². The van der Waals surface area contributed by atoms with Crippen LogP contribution in [0.5, 0.6) is 5.75 Å². The summed E-state index contributed by atoms with van der Waals surface area (Å²) >= 11 is 0. The van der Waals surface area contributed by atoms with Crippen LogP contribution in [0.2, 0.25) is 0 Å². The van der Waals surface area contributed by atoms with E-state index in [1.807, 2.05) is 6.92 Å². The minimum absolute atomic E-state index is 0.167. The summed E-state index contributed by atoms with van der Waals surface area (Å²) in [5.74, 6) is 0.602. The van der Waals surface area contributed by atoms with Crippen LogP contribution in [-0.4, -0.2) is 24.3 Å². The van der Waals surface area contributed by atoms with E-state index < -0.39 is 0 Å². The Morgan fingerprint density at radius 1 is 1.69 bits per heavy atom. The van der Waals surface area contributed by atoms with E-state index in [0.29, 0.717) is 17.9 Å². The lowest BCUT2D eigenvalue weighted by molar-refractivity contribution is 0.0678. The predicted octanol–water partition coefficient (Wildman–Crippen LogP) is 1.82. The van der Waals surface area contributed by atoms with Gasteiger partial charge in [0.1, 0.15) is 24.0 Å². The van der Waals surface area contributed by atoms with Gasteiger partial charge in [-0.05, 0) is 19.8 Å². The third kappa shape index (κ3) is 2.50. The number of aryl methyl sites for hydroxylation is 1. The zero-order chi connectivity index (χ0) is 11.4. The van der Waals surface area contributed by atoms with Gasteiger partial charge in [-0.15, -0.1) is 0 Å². The van der Waals surface area contributed by atoms with E-state index in [0.717, 1.165) is 25.1 Å². The van der Waals surface area contributed by atoms with Crippen molar-refractivity contribution < 1.29 is 9.47 Å². The van der Waals surface area contributed by atoms with Crippen molar-refractivity contribution in [3.8, 4) is 11.8 Å². The average Bonchev–Trinajstić information content (AvgIpc) is 2.79. The second-order valence-corrected chi connectivity index (χ2v) is 3.88. The Bertz CT molecular complexity index is 406. The van der Waals surface area contributed by atoms with Gasteiger partial charge in [0.05, 0.1) is 6.10 Å². The van der Waals surface area contributed by atoms with Crippen LogP contribution in [0.25, 0.3) is 0 Å². The minimum Gasteiger partial charge on any atom is -0.489 e. The number of hydrogen-bond acceptors (Lipinski definition) is 4. The molecule has 0 saturated carbocycles. The van der Waals surface area contributed by atoms with Crippen molar-refractivity contribution >= 4 is 0 Å². The van der Waals surface area contributed by atoms with Crippen LogP contribution in [0.3, 0.4) is 0 Å². The first-order chi connectivity index (χ1) is 7.79. The number of pyridine rings is 1. The van der Waals surface area contributed by atoms with E-state index in [1.54, 1.807) is 12.3 Å². The van der Waals surface area contributed by atoms with Crippen molar-refractivity contribution in [1.29, 1.82) is 5.26 Å². The van der Waals surface area contributed by atoms with Gasteiger partial charge >= 0.3 is 0 Å². The molecule has 1 unspecified atom stereocenters. The van der Waals surface area contributed by atoms with Crippen LogP contribution < -0.4 is 4.74 Å². The zero-order valence-corrected chi connectivity index (χ0v) is 9.27. The van der Waals surface area contributed by atoms with Gasteiger partial charge in [-0.3, -0.25) is 4.98 Å². The van der Waals surface area contributed by atoms with Crippen molar-refractivity contribution in [3.63, 3.8) is 0 Å². The molecule has 16 heavy (non-hydrogen) atoms. The zero-order valence-electron chi connectivity index (χ0n) is 9.27. The van der Waals surface area contributed by atoms with E-state index in [4.69, 9.17) is 14.7 Å². The Balaban J connectivity index is 2.02. The lowest BCUT2D eigenvalue weighted by atomic mass is 10.2. The molecule has 1 aromatic heterocycles. The molecule has 1 aliphatic heterocycles. The fourth-order valence-corrected chi connectivity index (χ4v) is 1.70. The van der Waals surface area contributed by atoms with Crippen molar-refractivity contribution in [3.05, 3.63) is 23.5 Å². The summed E-state index contributed by atoms with van der Waals surface area (Å²) in [5.41, 5.74) is 1.32. The number of nitrogens with zero attached hydrogens (tertiary/aromatic N) is 2. The molecule has 0 aromatic carbocycles. The summed E-state index contributed by atoms with van der Waals surface area (Å²) in [7, 11) is 0. The molecule has 0 aliphatic carbocycles. The highest BCUT2D eigenvalue weighted by Crippen LogP contribution is 2.19. The highest BCUT2D eigenvalue weighted by Gasteiger charge is 2.16. The van der Waals surface area contributed by atoms with E-state index in [2.05, 4.69) is 11.1 Å². The molecule has 2 heterocycles. The molecule has 1 aliphatic rings. The second-order valence-electron chi connectivity index (χ2n) is 3.88. The summed E-state index contributed by atoms with van der Waals surface area (Å²) in [6.07, 6.45) is 3.83. The maximum absolute atomic E-state index is 8.90. The van der Waals surface area contributed by atoms with Gasteiger partial charge in [-0.25, -0.2) is 0 Å². The van der Waals surface area contributed by atoms with Crippen molar-refractivity contribution in [2.24, 2.45) is 0 Å². The van der Waals surface area contributed by atoms with E-state index >= 15 is 0 Å². The number of aromatic nitrogens is 1. The Hall–Kier alpha value is -1.60. The summed E-state index contributed by atoms with van der Waals surface area (Å²) in [5, 5.41) is 8.90. The molecule has 4 nitrogen and oxygen atoms in total. The molecule has 2 rings (SSSR count). The first-order valence-electron chi connectivity index (χ1n) is 5.41. The Kier molecular flexibility index (Phi) is 3.37. The third-order valence-electron chi connectivity index (χ3n) is 2.57. The molecule has 4 heteroatoms. The summed E-state index contributed by atoms with van der Waals surface area (Å²) in [4.78, 5) is 4.06. The normalized spacial score (nSPS) is 19.4. The van der Waals surface area contributed by atoms with E-state index in [9.17, 15) is 0 Å². The fourth-order valence-electron chi connectivity index (χ4n) is 1.70. The lowest BCUT2D eigenvalue weighted by Crippen LogP contribution is -2.16.